The van der Waals surface area contributed by atoms with Crippen molar-refractivity contribution in [3.05, 3.63) is 24.3 Å². The number of carboxylic acids is 1. The maximum Gasteiger partial charge on any atom is 0.501 e. The van der Waals surface area contributed by atoms with Crippen LogP contribution in [0.25, 0.3) is 0 Å². The molecule has 0 aliphatic heterocycles. The summed E-state index contributed by atoms with van der Waals surface area (Å²) in [5.74, 6) is -2.93. The number of ether oxygens (including phenoxy) is 1. The summed E-state index contributed by atoms with van der Waals surface area (Å²) in [6.45, 7) is 3.03. The molecule has 0 atom stereocenters. The number of carbonyl (C=O) groups is 1. The van der Waals surface area contributed by atoms with Crippen LogP contribution in [0.5, 0.6) is 5.75 Å². The molecule has 9 heteroatoms. The van der Waals surface area contributed by atoms with Crippen molar-refractivity contribution in [1.82, 2.24) is 0 Å². The molecule has 0 aliphatic rings. The van der Waals surface area contributed by atoms with Gasteiger partial charge in [0, 0.05) is 0 Å². The number of carboxylic acid groups (broad SMARTS) is 1. The summed E-state index contributed by atoms with van der Waals surface area (Å²) in [6.07, 6.45) is -4.97. The normalized spacial score (nSPS) is 12.4. The van der Waals surface area contributed by atoms with Crippen molar-refractivity contribution in [1.29, 1.82) is 0 Å². The van der Waals surface area contributed by atoms with E-state index in [1.807, 2.05) is 0 Å². The topological polar surface area (TPSA) is 89.9 Å². The van der Waals surface area contributed by atoms with Crippen molar-refractivity contribution in [3.63, 3.8) is 0 Å². The second-order valence-electron chi connectivity index (χ2n) is 3.99. The van der Waals surface area contributed by atoms with Crippen molar-refractivity contribution < 1.29 is 36.0 Å². The Morgan fingerprint density at radius 2 is 1.75 bits per heavy atom. The number of benzene rings is 1. The van der Waals surface area contributed by atoms with Gasteiger partial charge in [-0.1, -0.05) is 0 Å². The molecule has 0 amide bonds. The SMILES string of the molecule is CC(C)OS(=O)(=O)c1ccc(OC(F)(F)C(=O)O)cc1. The molecule has 0 bridgehead atoms. The van der Waals surface area contributed by atoms with Gasteiger partial charge in [-0.15, -0.1) is 0 Å². The fourth-order valence-electron chi connectivity index (χ4n) is 1.17. The Labute approximate surface area is 114 Å². The summed E-state index contributed by atoms with van der Waals surface area (Å²) in [5, 5.41) is 8.19. The number of alkyl halides is 2. The van der Waals surface area contributed by atoms with Gasteiger partial charge < -0.3 is 9.84 Å². The third-order valence-electron chi connectivity index (χ3n) is 1.93. The van der Waals surface area contributed by atoms with Gasteiger partial charge in [0.1, 0.15) is 5.75 Å². The van der Waals surface area contributed by atoms with Crippen molar-refractivity contribution in [3.8, 4) is 5.75 Å². The second kappa shape index (κ2) is 5.71. The Morgan fingerprint density at radius 1 is 1.25 bits per heavy atom. The van der Waals surface area contributed by atoms with Gasteiger partial charge in [-0.3, -0.25) is 4.18 Å². The lowest BCUT2D eigenvalue weighted by Gasteiger charge is -2.13. The van der Waals surface area contributed by atoms with Crippen LogP contribution in [-0.2, 0) is 19.1 Å². The minimum atomic E-state index is -4.39. The quantitative estimate of drug-likeness (QED) is 0.807. The average Bonchev–Trinajstić information content (AvgIpc) is 2.27. The number of hydrogen-bond donors (Lipinski definition) is 1. The number of hydrogen-bond acceptors (Lipinski definition) is 5. The van der Waals surface area contributed by atoms with Gasteiger partial charge in [-0.2, -0.15) is 17.2 Å². The summed E-state index contributed by atoms with van der Waals surface area (Å²) in [4.78, 5) is 9.93. The minimum Gasteiger partial charge on any atom is -0.474 e. The maximum absolute atomic E-state index is 12.8. The van der Waals surface area contributed by atoms with Crippen molar-refractivity contribution in [2.45, 2.75) is 31.0 Å². The highest BCUT2D eigenvalue weighted by Gasteiger charge is 2.42. The number of aliphatic carboxylic acids is 1. The molecule has 1 N–H and O–H groups in total. The van der Waals surface area contributed by atoms with Crippen LogP contribution in [-0.4, -0.2) is 31.7 Å². The molecule has 0 saturated carbocycles. The third kappa shape index (κ3) is 4.14. The first kappa shape index (κ1) is 16.3. The molecular weight excluding hydrogens is 298 g/mol. The van der Waals surface area contributed by atoms with Crippen LogP contribution in [0.15, 0.2) is 29.2 Å². The number of halogens is 2. The summed E-state index contributed by atoms with van der Waals surface area (Å²) >= 11 is 0. The zero-order valence-corrected chi connectivity index (χ0v) is 11.4. The predicted molar refractivity (Wildman–Crippen MR) is 63.1 cm³/mol. The Balaban J connectivity index is 2.93. The van der Waals surface area contributed by atoms with Crippen molar-refractivity contribution >= 4 is 16.1 Å². The summed E-state index contributed by atoms with van der Waals surface area (Å²) in [5.41, 5.74) is 0. The number of rotatable bonds is 6. The highest BCUT2D eigenvalue weighted by atomic mass is 32.2. The summed E-state index contributed by atoms with van der Waals surface area (Å²) < 4.78 is 57.5. The second-order valence-corrected chi connectivity index (χ2v) is 5.57. The van der Waals surface area contributed by atoms with Crippen molar-refractivity contribution in [2.75, 3.05) is 0 Å². The molecule has 112 valence electrons. The van der Waals surface area contributed by atoms with Crippen LogP contribution >= 0.6 is 0 Å². The highest BCUT2D eigenvalue weighted by molar-refractivity contribution is 7.86. The fourth-order valence-corrected chi connectivity index (χ4v) is 2.26. The standard InChI is InChI=1S/C11H12F2O6S/c1-7(2)19-20(16,17)9-5-3-8(4-6-9)18-11(12,13)10(14)15/h3-7H,1-2H3,(H,14,15). The van der Waals surface area contributed by atoms with E-state index in [2.05, 4.69) is 4.74 Å². The first-order valence-corrected chi connectivity index (χ1v) is 6.79. The van der Waals surface area contributed by atoms with Gasteiger partial charge in [-0.05, 0) is 38.1 Å². The van der Waals surface area contributed by atoms with Crippen LogP contribution in [0.4, 0.5) is 8.78 Å². The van der Waals surface area contributed by atoms with Gasteiger partial charge in [0.25, 0.3) is 10.1 Å². The lowest BCUT2D eigenvalue weighted by Crippen LogP contribution is -2.34. The van der Waals surface area contributed by atoms with E-state index in [1.165, 1.54) is 13.8 Å². The zero-order valence-electron chi connectivity index (χ0n) is 10.5. The first-order chi connectivity index (χ1) is 9.04. The van der Waals surface area contributed by atoms with Gasteiger partial charge in [-0.25, -0.2) is 4.79 Å². The molecule has 0 aromatic heterocycles. The molecule has 1 aromatic carbocycles. The molecule has 20 heavy (non-hydrogen) atoms. The Kier molecular flexibility index (Phi) is 4.66. The fraction of sp³-hybridized carbons (Fsp3) is 0.364. The van der Waals surface area contributed by atoms with Gasteiger partial charge in [0.2, 0.25) is 0 Å². The van der Waals surface area contributed by atoms with Gasteiger partial charge in [0.05, 0.1) is 11.0 Å². The molecular formula is C11H12F2O6S. The van der Waals surface area contributed by atoms with Crippen LogP contribution < -0.4 is 4.74 Å². The van der Waals surface area contributed by atoms with E-state index in [-0.39, 0.29) is 4.90 Å². The Bertz CT molecular complexity index is 579. The van der Waals surface area contributed by atoms with Gasteiger partial charge in [0.15, 0.2) is 0 Å². The lowest BCUT2D eigenvalue weighted by atomic mass is 10.3. The minimum absolute atomic E-state index is 0.253. The molecule has 0 aliphatic carbocycles. The van der Waals surface area contributed by atoms with Crippen LogP contribution in [0, 0.1) is 0 Å². The van der Waals surface area contributed by atoms with E-state index >= 15 is 0 Å². The van der Waals surface area contributed by atoms with Gasteiger partial charge >= 0.3 is 12.1 Å². The lowest BCUT2D eigenvalue weighted by molar-refractivity contribution is -0.210. The molecule has 0 unspecified atom stereocenters. The largest absolute Gasteiger partial charge is 0.501 e. The molecule has 0 heterocycles. The van der Waals surface area contributed by atoms with Crippen molar-refractivity contribution in [2.24, 2.45) is 0 Å². The molecule has 0 fully saturated rings. The smallest absolute Gasteiger partial charge is 0.474 e. The van der Waals surface area contributed by atoms with Crippen LogP contribution in [0.3, 0.4) is 0 Å². The predicted octanol–water partition coefficient (Wildman–Crippen LogP) is 1.86. The maximum atomic E-state index is 12.8. The summed E-state index contributed by atoms with van der Waals surface area (Å²) in [6, 6.07) is 3.77. The molecule has 0 radical (unpaired) electrons. The molecule has 1 rings (SSSR count). The highest BCUT2D eigenvalue weighted by Crippen LogP contribution is 2.24. The average molecular weight is 310 g/mol. The van der Waals surface area contributed by atoms with E-state index in [0.717, 1.165) is 24.3 Å². The molecule has 6 nitrogen and oxygen atoms in total. The summed E-state index contributed by atoms with van der Waals surface area (Å²) in [7, 11) is -4.00. The zero-order chi connectivity index (χ0) is 15.6. The van der Waals surface area contributed by atoms with Crippen LogP contribution in [0.1, 0.15) is 13.8 Å². The van der Waals surface area contributed by atoms with E-state index in [1.54, 1.807) is 0 Å². The monoisotopic (exact) mass is 310 g/mol. The Hall–Kier alpha value is -1.74. The van der Waals surface area contributed by atoms with Crippen LogP contribution in [0.2, 0.25) is 0 Å². The van der Waals surface area contributed by atoms with E-state index in [9.17, 15) is 22.0 Å². The first-order valence-electron chi connectivity index (χ1n) is 5.38. The van der Waals surface area contributed by atoms with E-state index in [0.29, 0.717) is 0 Å². The van der Waals surface area contributed by atoms with E-state index < -0.39 is 34.0 Å². The molecule has 0 spiro atoms. The molecule has 0 saturated heterocycles. The molecule has 1 aromatic rings. The Morgan fingerprint density at radius 3 is 2.15 bits per heavy atom. The third-order valence-corrected chi connectivity index (χ3v) is 3.41. The van der Waals surface area contributed by atoms with E-state index in [4.69, 9.17) is 9.29 Å².